The third-order valence-corrected chi connectivity index (χ3v) is 6.39. The fourth-order valence-corrected chi connectivity index (χ4v) is 4.77. The Labute approximate surface area is 171 Å². The number of fused-ring (bicyclic) bond motifs is 2. The van der Waals surface area contributed by atoms with Crippen LogP contribution in [0.3, 0.4) is 0 Å². The summed E-state index contributed by atoms with van der Waals surface area (Å²) >= 11 is 0. The molecule has 7 heteroatoms. The van der Waals surface area contributed by atoms with Gasteiger partial charge in [0.15, 0.2) is 0 Å². The second-order valence-electron chi connectivity index (χ2n) is 9.52. The number of aryl methyl sites for hydroxylation is 2. The van der Waals surface area contributed by atoms with Gasteiger partial charge in [0.05, 0.1) is 22.6 Å². The Morgan fingerprint density at radius 1 is 1.17 bits per heavy atom. The normalized spacial score (nSPS) is 21.5. The zero-order valence-electron chi connectivity index (χ0n) is 17.9. The first kappa shape index (κ1) is 19.7. The molecule has 1 amide bonds. The average Bonchev–Trinajstić information content (AvgIpc) is 2.99. The Bertz CT molecular complexity index is 1020. The first-order chi connectivity index (χ1) is 13.6. The molecule has 29 heavy (non-hydrogen) atoms. The fourth-order valence-electron chi connectivity index (χ4n) is 4.77. The van der Waals surface area contributed by atoms with Crippen LogP contribution in [0.1, 0.15) is 78.9 Å². The van der Waals surface area contributed by atoms with Gasteiger partial charge in [-0.3, -0.25) is 9.59 Å². The van der Waals surface area contributed by atoms with E-state index in [0.29, 0.717) is 35.9 Å². The number of amides is 1. The van der Waals surface area contributed by atoms with Crippen molar-refractivity contribution in [2.45, 2.75) is 71.1 Å². The highest BCUT2D eigenvalue weighted by Crippen LogP contribution is 2.43. The van der Waals surface area contributed by atoms with Crippen molar-refractivity contribution in [3.63, 3.8) is 0 Å². The van der Waals surface area contributed by atoms with Crippen molar-refractivity contribution in [1.29, 1.82) is 0 Å². The summed E-state index contributed by atoms with van der Waals surface area (Å²) in [7, 11) is 0. The Kier molecular flexibility index (Phi) is 4.59. The number of likely N-dealkylation sites (tertiary alicyclic amines) is 1. The summed E-state index contributed by atoms with van der Waals surface area (Å²) in [5.41, 5.74) is 3.20. The second kappa shape index (κ2) is 6.75. The minimum atomic E-state index is -0.241. The molecule has 154 valence electrons. The molecule has 1 atom stereocenters. The van der Waals surface area contributed by atoms with Gasteiger partial charge in [-0.1, -0.05) is 20.8 Å². The van der Waals surface area contributed by atoms with Crippen LogP contribution in [0.5, 0.6) is 0 Å². The molecule has 1 N–H and O–H groups in total. The summed E-state index contributed by atoms with van der Waals surface area (Å²) < 4.78 is 0. The number of hydrogen-bond donors (Lipinski definition) is 1. The lowest BCUT2D eigenvalue weighted by Crippen LogP contribution is -2.48. The zero-order valence-corrected chi connectivity index (χ0v) is 17.9. The number of nitrogens with zero attached hydrogens (tertiary/aromatic N) is 4. The molecule has 1 fully saturated rings. The second-order valence-corrected chi connectivity index (χ2v) is 9.52. The van der Waals surface area contributed by atoms with Crippen LogP contribution in [0.15, 0.2) is 11.1 Å². The van der Waals surface area contributed by atoms with Crippen LogP contribution < -0.4 is 5.56 Å². The van der Waals surface area contributed by atoms with Crippen molar-refractivity contribution >= 4 is 5.91 Å². The molecular formula is C22H29N5O2. The maximum atomic E-state index is 13.3. The molecule has 0 bridgehead atoms. The monoisotopic (exact) mass is 395 g/mol. The van der Waals surface area contributed by atoms with Crippen molar-refractivity contribution in [2.24, 2.45) is 0 Å². The summed E-state index contributed by atoms with van der Waals surface area (Å²) in [6, 6.07) is 0. The Hall–Kier alpha value is -2.57. The summed E-state index contributed by atoms with van der Waals surface area (Å²) in [5, 5.41) is 0. The van der Waals surface area contributed by atoms with E-state index in [0.717, 1.165) is 36.9 Å². The highest BCUT2D eigenvalue weighted by atomic mass is 16.2. The number of carbonyl (C=O) groups excluding carboxylic acids is 1. The smallest absolute Gasteiger partial charge is 0.257 e. The predicted octanol–water partition coefficient (Wildman–Crippen LogP) is 2.59. The quantitative estimate of drug-likeness (QED) is 0.801. The Morgan fingerprint density at radius 2 is 1.86 bits per heavy atom. The summed E-state index contributed by atoms with van der Waals surface area (Å²) in [6.45, 7) is 11.2. The van der Waals surface area contributed by atoms with Crippen LogP contribution in [-0.2, 0) is 17.3 Å². The van der Waals surface area contributed by atoms with Crippen molar-refractivity contribution in [3.05, 3.63) is 50.7 Å². The van der Waals surface area contributed by atoms with Crippen LogP contribution >= 0.6 is 0 Å². The van der Waals surface area contributed by atoms with Crippen LogP contribution in [0.2, 0.25) is 0 Å². The lowest BCUT2D eigenvalue weighted by atomic mass is 9.77. The van der Waals surface area contributed by atoms with Crippen molar-refractivity contribution in [1.82, 2.24) is 24.8 Å². The highest BCUT2D eigenvalue weighted by molar-refractivity contribution is 5.96. The number of aromatic amines is 1. The molecule has 2 aromatic rings. The van der Waals surface area contributed by atoms with E-state index < -0.39 is 0 Å². The van der Waals surface area contributed by atoms with E-state index in [1.54, 1.807) is 0 Å². The van der Waals surface area contributed by atoms with E-state index in [-0.39, 0.29) is 22.3 Å². The predicted molar refractivity (Wildman–Crippen MR) is 110 cm³/mol. The Morgan fingerprint density at radius 3 is 2.52 bits per heavy atom. The van der Waals surface area contributed by atoms with Gasteiger partial charge >= 0.3 is 0 Å². The van der Waals surface area contributed by atoms with Gasteiger partial charge < -0.3 is 9.88 Å². The minimum absolute atomic E-state index is 0.0194. The third kappa shape index (κ3) is 3.26. The number of rotatable bonds is 1. The molecule has 1 aliphatic heterocycles. The minimum Gasteiger partial charge on any atom is -0.338 e. The third-order valence-electron chi connectivity index (χ3n) is 6.39. The average molecular weight is 396 g/mol. The topological polar surface area (TPSA) is 91.8 Å². The van der Waals surface area contributed by atoms with E-state index in [9.17, 15) is 9.59 Å². The van der Waals surface area contributed by atoms with E-state index >= 15 is 0 Å². The zero-order chi connectivity index (χ0) is 21.0. The maximum Gasteiger partial charge on any atom is 0.257 e. The summed E-state index contributed by atoms with van der Waals surface area (Å²) in [4.78, 5) is 44.4. The van der Waals surface area contributed by atoms with Gasteiger partial charge in [-0.25, -0.2) is 15.0 Å². The van der Waals surface area contributed by atoms with Gasteiger partial charge in [0, 0.05) is 29.5 Å². The molecule has 3 heterocycles. The lowest BCUT2D eigenvalue weighted by molar-refractivity contribution is 0.0630. The fraction of sp³-hybridized carbons (Fsp3) is 0.591. The molecule has 7 nitrogen and oxygen atoms in total. The van der Waals surface area contributed by atoms with Crippen LogP contribution in [-0.4, -0.2) is 43.8 Å². The van der Waals surface area contributed by atoms with E-state index in [1.807, 2.05) is 18.7 Å². The van der Waals surface area contributed by atoms with Gasteiger partial charge in [0.25, 0.3) is 11.5 Å². The molecule has 1 aliphatic carbocycles. The molecule has 1 unspecified atom stereocenters. The standard InChI is InChI=1S/C22H29N5O2/c1-13-16(14(2)24-12-23-13)19(29)27-10-6-8-22(11-27)9-7-15-17(22)25-20(21(3,4)5)26-18(15)28/h12H,6-11H2,1-5H3,(H,25,26,28). The van der Waals surface area contributed by atoms with Crippen LogP contribution in [0, 0.1) is 13.8 Å². The first-order valence-electron chi connectivity index (χ1n) is 10.3. The number of piperidine rings is 1. The van der Waals surface area contributed by atoms with E-state index in [1.165, 1.54) is 6.33 Å². The first-order valence-corrected chi connectivity index (χ1v) is 10.3. The molecule has 1 saturated heterocycles. The van der Waals surface area contributed by atoms with Gasteiger partial charge in [-0.2, -0.15) is 0 Å². The van der Waals surface area contributed by atoms with E-state index in [2.05, 4.69) is 35.7 Å². The number of nitrogens with one attached hydrogen (secondary N) is 1. The lowest BCUT2D eigenvalue weighted by Gasteiger charge is -2.41. The largest absolute Gasteiger partial charge is 0.338 e. The van der Waals surface area contributed by atoms with Crippen LogP contribution in [0.25, 0.3) is 0 Å². The van der Waals surface area contributed by atoms with Crippen molar-refractivity contribution < 1.29 is 4.79 Å². The molecule has 4 rings (SSSR count). The number of carbonyl (C=O) groups is 1. The van der Waals surface area contributed by atoms with Crippen LogP contribution in [0.4, 0.5) is 0 Å². The van der Waals surface area contributed by atoms with Crippen molar-refractivity contribution in [3.8, 4) is 0 Å². The number of H-pyrrole nitrogens is 1. The molecule has 0 aromatic carbocycles. The van der Waals surface area contributed by atoms with Gasteiger partial charge in [0.2, 0.25) is 0 Å². The molecule has 1 spiro atoms. The van der Waals surface area contributed by atoms with Crippen molar-refractivity contribution in [2.75, 3.05) is 13.1 Å². The number of aromatic nitrogens is 4. The molecule has 2 aliphatic rings. The molecule has 0 saturated carbocycles. The SMILES string of the molecule is Cc1ncnc(C)c1C(=O)N1CCCC2(CCc3c2nc(C(C)(C)C)[nH]c3=O)C1. The molecule has 0 radical (unpaired) electrons. The summed E-state index contributed by atoms with van der Waals surface area (Å²) in [6.07, 6.45) is 4.93. The molecule has 2 aromatic heterocycles. The molecular weight excluding hydrogens is 366 g/mol. The summed E-state index contributed by atoms with van der Waals surface area (Å²) in [5.74, 6) is 0.697. The van der Waals surface area contributed by atoms with Gasteiger partial charge in [0.1, 0.15) is 12.2 Å². The highest BCUT2D eigenvalue weighted by Gasteiger charge is 2.46. The Balaban J connectivity index is 1.73. The van der Waals surface area contributed by atoms with Gasteiger partial charge in [-0.15, -0.1) is 0 Å². The van der Waals surface area contributed by atoms with E-state index in [4.69, 9.17) is 4.98 Å². The van der Waals surface area contributed by atoms with Gasteiger partial charge in [-0.05, 0) is 39.5 Å². The number of hydrogen-bond acceptors (Lipinski definition) is 5. The maximum absolute atomic E-state index is 13.3.